The average Bonchev–Trinajstić information content (AvgIpc) is 2.03. The molecule has 0 radical (unpaired) electrons. The quantitative estimate of drug-likeness (QED) is 0.365. The van der Waals surface area contributed by atoms with Gasteiger partial charge in [-0.1, -0.05) is 20.8 Å². The van der Waals surface area contributed by atoms with Crippen molar-refractivity contribution in [3.63, 3.8) is 0 Å². The summed E-state index contributed by atoms with van der Waals surface area (Å²) in [6, 6.07) is 6.58. The Bertz CT molecular complexity index is 269. The molecule has 0 aliphatic rings. The van der Waals surface area contributed by atoms with Gasteiger partial charge in [0, 0.05) is 12.1 Å². The van der Waals surface area contributed by atoms with Gasteiger partial charge in [0.1, 0.15) is 0 Å². The molecule has 0 N–H and O–H groups in total. The number of hydrogen-bond donors (Lipinski definition) is 0. The molecule has 0 amide bonds. The minimum atomic E-state index is 0.0415. The third-order valence-electron chi connectivity index (χ3n) is 1.91. The molecular formula is C10H13O3-. The molecule has 0 fully saturated rings. The molecule has 0 aromatic heterocycles. The summed E-state index contributed by atoms with van der Waals surface area (Å²) in [6.07, 6.45) is 0. The monoisotopic (exact) mass is 181 g/mol. The lowest BCUT2D eigenvalue weighted by Crippen LogP contribution is -2.31. The van der Waals surface area contributed by atoms with Crippen molar-refractivity contribution in [3.8, 4) is 5.75 Å². The second-order valence-corrected chi connectivity index (χ2v) is 4.01. The van der Waals surface area contributed by atoms with Gasteiger partial charge in [0.2, 0.25) is 0 Å². The van der Waals surface area contributed by atoms with E-state index in [0.717, 1.165) is 5.56 Å². The molecule has 0 aliphatic heterocycles. The third kappa shape index (κ3) is 2.44. The van der Waals surface area contributed by atoms with Crippen LogP contribution in [0.3, 0.4) is 0 Å². The van der Waals surface area contributed by atoms with Crippen LogP contribution in [0.2, 0.25) is 0 Å². The predicted molar refractivity (Wildman–Crippen MR) is 45.7 cm³/mol. The maximum Gasteiger partial charge on any atom is 0.275 e. The van der Waals surface area contributed by atoms with Crippen LogP contribution in [0.4, 0.5) is 0 Å². The summed E-state index contributed by atoms with van der Waals surface area (Å²) >= 11 is 0. The van der Waals surface area contributed by atoms with Crippen LogP contribution in [0.1, 0.15) is 26.3 Å². The molecule has 0 atom stereocenters. The average molecular weight is 181 g/mol. The molecule has 0 saturated carbocycles. The molecule has 0 spiro atoms. The van der Waals surface area contributed by atoms with Gasteiger partial charge in [-0.3, -0.25) is 0 Å². The molecular weight excluding hydrogens is 168 g/mol. The van der Waals surface area contributed by atoms with Gasteiger partial charge in [-0.25, -0.2) is 0 Å². The maximum absolute atomic E-state index is 10.3. The number of hydrogen-bond acceptors (Lipinski definition) is 2. The highest BCUT2D eigenvalue weighted by atomic mass is 17.5. The lowest BCUT2D eigenvalue weighted by molar-refractivity contribution is -1.04. The van der Waals surface area contributed by atoms with Crippen LogP contribution in [0.25, 0.3) is 0 Å². The van der Waals surface area contributed by atoms with Crippen molar-refractivity contribution in [2.75, 3.05) is 0 Å². The zero-order chi connectivity index (χ0) is 10.1. The van der Waals surface area contributed by atoms with E-state index in [2.05, 4.69) is 20.8 Å². The van der Waals surface area contributed by atoms with Gasteiger partial charge in [-0.2, -0.15) is 0 Å². The molecule has 1 aromatic rings. The minimum Gasteiger partial charge on any atom is -0.559 e. The minimum absolute atomic E-state index is 0.0415. The smallest absolute Gasteiger partial charge is 0.275 e. The Kier molecular flexibility index (Phi) is 2.59. The Morgan fingerprint density at radius 1 is 1.00 bits per heavy atom. The maximum atomic E-state index is 10.3. The molecule has 13 heavy (non-hydrogen) atoms. The Morgan fingerprint density at radius 2 is 1.46 bits per heavy atom. The van der Waals surface area contributed by atoms with Crippen LogP contribution in [0, 0.1) is 0 Å². The molecule has 0 aliphatic carbocycles. The fourth-order valence-electron chi connectivity index (χ4n) is 1.07. The van der Waals surface area contributed by atoms with Crippen molar-refractivity contribution >= 4 is 0 Å². The summed E-state index contributed by atoms with van der Waals surface area (Å²) in [6.45, 7) is 6.21. The molecule has 72 valence electrons. The summed E-state index contributed by atoms with van der Waals surface area (Å²) in [7, 11) is 0. The summed E-state index contributed by atoms with van der Waals surface area (Å²) in [5, 5.41) is 20.6. The summed E-state index contributed by atoms with van der Waals surface area (Å²) < 4.78 is 0.360. The fraction of sp³-hybridized carbons (Fsp3) is 0.400. The topological polar surface area (TPSA) is 48.8 Å². The Labute approximate surface area is 77.8 Å². The van der Waals surface area contributed by atoms with E-state index in [1.54, 1.807) is 12.1 Å². The first-order valence-corrected chi connectivity index (χ1v) is 4.11. The first-order valence-electron chi connectivity index (χ1n) is 4.11. The van der Waals surface area contributed by atoms with Crippen molar-refractivity contribution in [3.05, 3.63) is 29.8 Å². The van der Waals surface area contributed by atoms with Crippen molar-refractivity contribution in [1.29, 1.82) is 0 Å². The second kappa shape index (κ2) is 3.36. The Hall–Kier alpha value is -1.06. The van der Waals surface area contributed by atoms with E-state index in [1.807, 2.05) is 0 Å². The first kappa shape index (κ1) is 10.0. The largest absolute Gasteiger partial charge is 0.559 e. The van der Waals surface area contributed by atoms with Gasteiger partial charge < -0.3 is 15.2 Å². The molecule has 1 rings (SSSR count). The molecule has 1 aromatic carbocycles. The van der Waals surface area contributed by atoms with Gasteiger partial charge in [-0.05, 0) is 23.1 Å². The van der Waals surface area contributed by atoms with Crippen LogP contribution in [0.5, 0.6) is 5.75 Å². The zero-order valence-corrected chi connectivity index (χ0v) is 8.03. The van der Waals surface area contributed by atoms with E-state index in [0.29, 0.717) is 4.67 Å². The molecule has 3 nitrogen and oxygen atoms in total. The Balaban J connectivity index is 2.94. The van der Waals surface area contributed by atoms with Crippen molar-refractivity contribution in [2.24, 2.45) is 0 Å². The highest BCUT2D eigenvalue weighted by Gasteiger charge is 2.13. The van der Waals surface area contributed by atoms with E-state index in [1.165, 1.54) is 12.1 Å². The van der Waals surface area contributed by atoms with Crippen LogP contribution in [-0.4, -0.2) is 0 Å². The third-order valence-corrected chi connectivity index (χ3v) is 1.91. The van der Waals surface area contributed by atoms with Gasteiger partial charge in [0.05, 0.1) is 0 Å². The van der Waals surface area contributed by atoms with Crippen LogP contribution >= 0.6 is 0 Å². The lowest BCUT2D eigenvalue weighted by Gasteiger charge is -2.26. The zero-order valence-electron chi connectivity index (χ0n) is 8.03. The van der Waals surface area contributed by atoms with Gasteiger partial charge in [-0.15, -0.1) is 0 Å². The number of benzene rings is 1. The van der Waals surface area contributed by atoms with Gasteiger partial charge in [0.15, 0.2) is 0 Å². The normalized spacial score (nSPS) is 11.5. The van der Waals surface area contributed by atoms with E-state index in [4.69, 9.17) is 0 Å². The van der Waals surface area contributed by atoms with Gasteiger partial charge in [0.25, 0.3) is 5.75 Å². The summed E-state index contributed by atoms with van der Waals surface area (Å²) in [4.78, 5) is 0. The predicted octanol–water partition coefficient (Wildman–Crippen LogP) is 0.800. The van der Waals surface area contributed by atoms with Crippen molar-refractivity contribution in [2.45, 2.75) is 26.2 Å². The SMILES string of the molecule is CC(C)(C)c1ccc([O+]([O-])[O-])cc1. The van der Waals surface area contributed by atoms with E-state index < -0.39 is 0 Å². The van der Waals surface area contributed by atoms with Crippen LogP contribution in [-0.2, 0) is 10.1 Å². The lowest BCUT2D eigenvalue weighted by atomic mass is 9.87. The highest BCUT2D eigenvalue weighted by Crippen LogP contribution is 2.25. The summed E-state index contributed by atoms with van der Waals surface area (Å²) in [5.74, 6) is 0.0630. The standard InChI is InChI=1S/C10H13O3/c1-10(2,3)8-4-6-9(7-5-8)13(11)12/h4-7H,1-3H3/q-1. The van der Waals surface area contributed by atoms with Crippen LogP contribution < -0.4 is 10.5 Å². The first-order chi connectivity index (χ1) is 5.91. The van der Waals surface area contributed by atoms with E-state index >= 15 is 0 Å². The van der Waals surface area contributed by atoms with E-state index in [9.17, 15) is 10.5 Å². The van der Waals surface area contributed by atoms with E-state index in [-0.39, 0.29) is 11.2 Å². The number of rotatable bonds is 1. The van der Waals surface area contributed by atoms with Crippen LogP contribution in [0.15, 0.2) is 24.3 Å². The molecule has 0 bridgehead atoms. The Morgan fingerprint density at radius 3 is 1.77 bits per heavy atom. The molecule has 0 unspecified atom stereocenters. The van der Waals surface area contributed by atoms with Crippen molar-refractivity contribution in [1.82, 2.24) is 0 Å². The fourth-order valence-corrected chi connectivity index (χ4v) is 1.07. The van der Waals surface area contributed by atoms with Crippen molar-refractivity contribution < 1.29 is 15.2 Å². The second-order valence-electron chi connectivity index (χ2n) is 4.01. The summed E-state index contributed by atoms with van der Waals surface area (Å²) in [5.41, 5.74) is 1.14. The molecule has 0 saturated heterocycles. The van der Waals surface area contributed by atoms with Gasteiger partial charge >= 0.3 is 0 Å². The molecule has 3 heteroatoms. The molecule has 0 heterocycles. The highest BCUT2D eigenvalue weighted by molar-refractivity contribution is 5.30.